The molecule has 1 aromatic heterocycles. The third-order valence-electron chi connectivity index (χ3n) is 4.52. The maximum atomic E-state index is 12.9. The molecule has 3 aromatic rings. The first kappa shape index (κ1) is 19.4. The number of anilines is 1. The van der Waals surface area contributed by atoms with E-state index in [2.05, 4.69) is 10.4 Å². The van der Waals surface area contributed by atoms with Crippen molar-refractivity contribution in [3.63, 3.8) is 0 Å². The highest BCUT2D eigenvalue weighted by Gasteiger charge is 2.22. The summed E-state index contributed by atoms with van der Waals surface area (Å²) in [5.74, 6) is 0.238. The standard InChI is InChI=1S/C22H23N3O3/c1-4-19(22(27)23-18-7-5-6-8-20(18)28-3)25-21(26)14-13-17(24-25)16-11-9-15(2)10-12-16/h5-14,19H,4H2,1-3H3,(H,23,27). The van der Waals surface area contributed by atoms with Crippen molar-refractivity contribution in [2.75, 3.05) is 12.4 Å². The summed E-state index contributed by atoms with van der Waals surface area (Å²) in [4.78, 5) is 25.3. The smallest absolute Gasteiger partial charge is 0.267 e. The Hall–Kier alpha value is -3.41. The summed E-state index contributed by atoms with van der Waals surface area (Å²) in [7, 11) is 1.54. The SMILES string of the molecule is CCC(C(=O)Nc1ccccc1OC)n1nc(-c2ccc(C)cc2)ccc1=O. The van der Waals surface area contributed by atoms with E-state index in [-0.39, 0.29) is 11.5 Å². The third kappa shape index (κ3) is 4.11. The molecule has 0 spiro atoms. The zero-order valence-corrected chi connectivity index (χ0v) is 16.2. The van der Waals surface area contributed by atoms with Crippen molar-refractivity contribution in [2.45, 2.75) is 26.3 Å². The minimum atomic E-state index is -0.734. The molecule has 1 amide bonds. The average molecular weight is 377 g/mol. The molecule has 2 aromatic carbocycles. The Labute approximate surface area is 163 Å². The highest BCUT2D eigenvalue weighted by Crippen LogP contribution is 2.25. The lowest BCUT2D eigenvalue weighted by atomic mass is 10.1. The molecule has 0 radical (unpaired) electrons. The Morgan fingerprint density at radius 3 is 2.50 bits per heavy atom. The predicted octanol–water partition coefficient (Wildman–Crippen LogP) is 3.82. The number of nitrogens with one attached hydrogen (secondary N) is 1. The van der Waals surface area contributed by atoms with Crippen LogP contribution in [0, 0.1) is 6.92 Å². The van der Waals surface area contributed by atoms with Gasteiger partial charge in [-0.2, -0.15) is 5.10 Å². The van der Waals surface area contributed by atoms with Gasteiger partial charge in [0.1, 0.15) is 11.8 Å². The van der Waals surface area contributed by atoms with Gasteiger partial charge in [0.25, 0.3) is 5.56 Å². The van der Waals surface area contributed by atoms with E-state index >= 15 is 0 Å². The number of methoxy groups -OCH3 is 1. The molecule has 0 aliphatic carbocycles. The highest BCUT2D eigenvalue weighted by molar-refractivity contribution is 5.95. The van der Waals surface area contributed by atoms with Gasteiger partial charge in [-0.05, 0) is 31.5 Å². The van der Waals surface area contributed by atoms with Gasteiger partial charge in [-0.25, -0.2) is 4.68 Å². The fourth-order valence-electron chi connectivity index (χ4n) is 2.96. The van der Waals surface area contributed by atoms with Crippen LogP contribution in [0.1, 0.15) is 24.9 Å². The Balaban J connectivity index is 1.93. The van der Waals surface area contributed by atoms with Crippen LogP contribution in [0.2, 0.25) is 0 Å². The van der Waals surface area contributed by atoms with Gasteiger partial charge in [-0.3, -0.25) is 9.59 Å². The molecule has 0 saturated carbocycles. The van der Waals surface area contributed by atoms with Crippen molar-refractivity contribution < 1.29 is 9.53 Å². The maximum absolute atomic E-state index is 12.9. The molecule has 0 bridgehead atoms. The van der Waals surface area contributed by atoms with Crippen molar-refractivity contribution in [1.29, 1.82) is 0 Å². The summed E-state index contributed by atoms with van der Waals surface area (Å²) in [6.45, 7) is 3.85. The quantitative estimate of drug-likeness (QED) is 0.709. The average Bonchev–Trinajstić information content (AvgIpc) is 2.71. The molecule has 0 saturated heterocycles. The number of rotatable bonds is 6. The number of ether oxygens (including phenoxy) is 1. The van der Waals surface area contributed by atoms with E-state index in [0.717, 1.165) is 11.1 Å². The fourth-order valence-corrected chi connectivity index (χ4v) is 2.96. The molecule has 1 unspecified atom stereocenters. The van der Waals surface area contributed by atoms with Gasteiger partial charge < -0.3 is 10.1 Å². The van der Waals surface area contributed by atoms with Crippen molar-refractivity contribution in [3.8, 4) is 17.0 Å². The molecule has 6 nitrogen and oxygen atoms in total. The largest absolute Gasteiger partial charge is 0.495 e. The lowest BCUT2D eigenvalue weighted by Crippen LogP contribution is -2.34. The molecule has 0 fully saturated rings. The van der Waals surface area contributed by atoms with E-state index in [1.54, 1.807) is 25.3 Å². The number of carbonyl (C=O) groups is 1. The summed E-state index contributed by atoms with van der Waals surface area (Å²) < 4.78 is 6.53. The zero-order chi connectivity index (χ0) is 20.1. The van der Waals surface area contributed by atoms with Crippen LogP contribution in [0.3, 0.4) is 0 Å². The lowest BCUT2D eigenvalue weighted by molar-refractivity contribution is -0.119. The Morgan fingerprint density at radius 2 is 1.82 bits per heavy atom. The van der Waals surface area contributed by atoms with E-state index in [1.807, 2.05) is 50.2 Å². The molecule has 1 atom stereocenters. The Bertz CT molecular complexity index is 1030. The number of para-hydroxylation sites is 2. The number of amides is 1. The molecule has 0 aliphatic rings. The Morgan fingerprint density at radius 1 is 1.11 bits per heavy atom. The minimum Gasteiger partial charge on any atom is -0.495 e. The number of aromatic nitrogens is 2. The van der Waals surface area contributed by atoms with Crippen LogP contribution in [0.15, 0.2) is 65.5 Å². The normalized spacial score (nSPS) is 11.7. The van der Waals surface area contributed by atoms with Crippen molar-refractivity contribution in [3.05, 3.63) is 76.6 Å². The molecule has 6 heteroatoms. The highest BCUT2D eigenvalue weighted by atomic mass is 16.5. The van der Waals surface area contributed by atoms with Crippen LogP contribution in [0.25, 0.3) is 11.3 Å². The molecule has 3 rings (SSSR count). The van der Waals surface area contributed by atoms with E-state index in [0.29, 0.717) is 23.6 Å². The maximum Gasteiger partial charge on any atom is 0.267 e. The molecule has 0 aliphatic heterocycles. The number of benzene rings is 2. The third-order valence-corrected chi connectivity index (χ3v) is 4.52. The molecule has 1 N–H and O–H groups in total. The van der Waals surface area contributed by atoms with Crippen LogP contribution in [0.5, 0.6) is 5.75 Å². The second kappa shape index (κ2) is 8.52. The number of carbonyl (C=O) groups excluding carboxylic acids is 1. The van der Waals surface area contributed by atoms with Gasteiger partial charge in [0.05, 0.1) is 18.5 Å². The first-order chi connectivity index (χ1) is 13.5. The molecule has 1 heterocycles. The topological polar surface area (TPSA) is 73.2 Å². The van der Waals surface area contributed by atoms with Crippen LogP contribution in [-0.2, 0) is 4.79 Å². The minimum absolute atomic E-state index is 0.317. The van der Waals surface area contributed by atoms with Gasteiger partial charge in [0.2, 0.25) is 5.91 Å². The number of aryl methyl sites for hydroxylation is 1. The molecule has 144 valence electrons. The summed E-state index contributed by atoms with van der Waals surface area (Å²) in [5.41, 5.74) is 2.90. The van der Waals surface area contributed by atoms with Crippen LogP contribution >= 0.6 is 0 Å². The van der Waals surface area contributed by atoms with Gasteiger partial charge in [-0.15, -0.1) is 0 Å². The number of hydrogen-bond donors (Lipinski definition) is 1. The fraction of sp³-hybridized carbons (Fsp3) is 0.227. The van der Waals surface area contributed by atoms with Gasteiger partial charge in [-0.1, -0.05) is 48.9 Å². The first-order valence-corrected chi connectivity index (χ1v) is 9.14. The first-order valence-electron chi connectivity index (χ1n) is 9.14. The van der Waals surface area contributed by atoms with Crippen LogP contribution in [-0.4, -0.2) is 22.8 Å². The molecular formula is C22H23N3O3. The van der Waals surface area contributed by atoms with Crippen molar-refractivity contribution >= 4 is 11.6 Å². The number of hydrogen-bond acceptors (Lipinski definition) is 4. The van der Waals surface area contributed by atoms with Crippen molar-refractivity contribution in [1.82, 2.24) is 9.78 Å². The van der Waals surface area contributed by atoms with Crippen molar-refractivity contribution in [2.24, 2.45) is 0 Å². The summed E-state index contributed by atoms with van der Waals surface area (Å²) >= 11 is 0. The second-order valence-electron chi connectivity index (χ2n) is 6.48. The van der Waals surface area contributed by atoms with Gasteiger partial charge in [0, 0.05) is 11.6 Å². The monoisotopic (exact) mass is 377 g/mol. The second-order valence-corrected chi connectivity index (χ2v) is 6.48. The number of nitrogens with zero attached hydrogens (tertiary/aromatic N) is 2. The molecule has 28 heavy (non-hydrogen) atoms. The summed E-state index contributed by atoms with van der Waals surface area (Å²) in [6, 6.07) is 17.4. The van der Waals surface area contributed by atoms with Crippen LogP contribution < -0.4 is 15.6 Å². The predicted molar refractivity (Wildman–Crippen MR) is 110 cm³/mol. The zero-order valence-electron chi connectivity index (χ0n) is 16.2. The van der Waals surface area contributed by atoms with E-state index in [4.69, 9.17) is 4.74 Å². The van der Waals surface area contributed by atoms with Gasteiger partial charge >= 0.3 is 0 Å². The van der Waals surface area contributed by atoms with Gasteiger partial charge in [0.15, 0.2) is 0 Å². The van der Waals surface area contributed by atoms with E-state index in [9.17, 15) is 9.59 Å². The summed E-state index contributed by atoms with van der Waals surface area (Å²) in [6.07, 6.45) is 0.422. The summed E-state index contributed by atoms with van der Waals surface area (Å²) in [5, 5.41) is 7.30. The van der Waals surface area contributed by atoms with Crippen LogP contribution in [0.4, 0.5) is 5.69 Å². The molecular weight excluding hydrogens is 354 g/mol. The lowest BCUT2D eigenvalue weighted by Gasteiger charge is -2.18. The van der Waals surface area contributed by atoms with E-state index in [1.165, 1.54) is 10.7 Å². The van der Waals surface area contributed by atoms with E-state index < -0.39 is 6.04 Å². The Kier molecular flexibility index (Phi) is 5.89.